The van der Waals surface area contributed by atoms with E-state index in [9.17, 15) is 23.2 Å². The van der Waals surface area contributed by atoms with E-state index in [0.717, 1.165) is 30.4 Å². The van der Waals surface area contributed by atoms with Crippen molar-refractivity contribution in [3.63, 3.8) is 0 Å². The Morgan fingerprint density at radius 1 is 1.19 bits per heavy atom. The van der Waals surface area contributed by atoms with Crippen molar-refractivity contribution in [2.45, 2.75) is 114 Å². The number of nitrogens with one attached hydrogen (secondary N) is 2. The molecule has 0 saturated heterocycles. The van der Waals surface area contributed by atoms with E-state index in [1.807, 2.05) is 26.0 Å². The molecule has 1 aliphatic heterocycles. The lowest BCUT2D eigenvalue weighted by atomic mass is 9.66. The molecule has 1 aromatic rings. The molecule has 1 aromatic carbocycles. The van der Waals surface area contributed by atoms with Crippen LogP contribution in [0.5, 0.6) is 0 Å². The zero-order valence-electron chi connectivity index (χ0n) is 21.5. The second kappa shape index (κ2) is 12.3. The summed E-state index contributed by atoms with van der Waals surface area (Å²) in [5.74, 6) is -3.05. The van der Waals surface area contributed by atoms with E-state index in [-0.39, 0.29) is 18.7 Å². The third-order valence-electron chi connectivity index (χ3n) is 7.51. The summed E-state index contributed by atoms with van der Waals surface area (Å²) < 4.78 is 26.1. The predicted octanol–water partition coefficient (Wildman–Crippen LogP) is 4.37. The molecule has 4 rings (SSSR count). The van der Waals surface area contributed by atoms with Gasteiger partial charge in [0.1, 0.15) is 6.04 Å². The summed E-state index contributed by atoms with van der Waals surface area (Å²) in [7, 11) is 6.17. The van der Waals surface area contributed by atoms with E-state index in [0.29, 0.717) is 43.8 Å². The van der Waals surface area contributed by atoms with Crippen molar-refractivity contribution in [2.24, 2.45) is 0 Å². The first-order valence-electron chi connectivity index (χ1n) is 13.2. The van der Waals surface area contributed by atoms with Crippen molar-refractivity contribution in [3.05, 3.63) is 34.9 Å². The maximum Gasteiger partial charge on any atom is 0.255 e. The first kappa shape index (κ1) is 28.3. The minimum absolute atomic E-state index is 0.0662. The third kappa shape index (κ3) is 7.37. The van der Waals surface area contributed by atoms with Crippen molar-refractivity contribution in [1.82, 2.24) is 15.5 Å². The Morgan fingerprint density at radius 3 is 2.47 bits per heavy atom. The number of aryl methyl sites for hydroxylation is 1. The summed E-state index contributed by atoms with van der Waals surface area (Å²) in [6.07, 6.45) is 8.41. The Kier molecular flexibility index (Phi) is 9.67. The number of imide groups is 1. The standard InChI is InChI=1S/C15H18N2O3.C12H20BF2N/c1-3-4-13(14(19)16-9-18)17-8-11-7-10(2)5-6-12(11)15(17)20;13-11(6-8-12(14,15)9-7-11)16-10-4-2-1-3-5-10/h5-7,9,13H,3-4,8H2,1-2H3,(H,16,18,19);10,16H,1-9H2. The molecule has 1 atom stereocenters. The van der Waals surface area contributed by atoms with Crippen LogP contribution in [0.1, 0.15) is 99.0 Å². The van der Waals surface area contributed by atoms with Crippen LogP contribution < -0.4 is 10.6 Å². The molecule has 2 aliphatic carbocycles. The summed E-state index contributed by atoms with van der Waals surface area (Å²) in [6.45, 7) is 4.34. The van der Waals surface area contributed by atoms with Gasteiger partial charge in [-0.3, -0.25) is 19.7 Å². The normalized spacial score (nSPS) is 21.7. The zero-order chi connectivity index (χ0) is 26.3. The molecule has 196 valence electrons. The van der Waals surface area contributed by atoms with E-state index >= 15 is 0 Å². The number of nitrogens with zero attached hydrogens (tertiary/aromatic N) is 1. The molecule has 0 spiro atoms. The molecule has 9 heteroatoms. The van der Waals surface area contributed by atoms with E-state index in [2.05, 4.69) is 10.6 Å². The summed E-state index contributed by atoms with van der Waals surface area (Å²) >= 11 is 0. The molecule has 2 N–H and O–H groups in total. The fourth-order valence-corrected chi connectivity index (χ4v) is 5.44. The highest BCUT2D eigenvalue weighted by Crippen LogP contribution is 2.38. The highest BCUT2D eigenvalue weighted by Gasteiger charge is 2.41. The predicted molar refractivity (Wildman–Crippen MR) is 136 cm³/mol. The lowest BCUT2D eigenvalue weighted by molar-refractivity contribution is -0.129. The van der Waals surface area contributed by atoms with Gasteiger partial charge in [0.05, 0.1) is 7.85 Å². The minimum Gasteiger partial charge on any atom is -0.322 e. The van der Waals surface area contributed by atoms with E-state index in [1.54, 1.807) is 11.0 Å². The number of hydrogen-bond acceptors (Lipinski definition) is 4. The van der Waals surface area contributed by atoms with Crippen molar-refractivity contribution in [2.75, 3.05) is 0 Å². The van der Waals surface area contributed by atoms with Crippen molar-refractivity contribution in [3.8, 4) is 0 Å². The molecule has 2 saturated carbocycles. The molecule has 2 fully saturated rings. The summed E-state index contributed by atoms with van der Waals surface area (Å²) in [5.41, 5.74) is 2.14. The molecule has 6 nitrogen and oxygen atoms in total. The first-order valence-corrected chi connectivity index (χ1v) is 13.2. The SMILES string of the molecule is CCCC(C(=O)NC=O)N1Cc2cc(C)ccc2C1=O.[B]C1(NC2CCCCC2)CCC(F)(F)CC1. The molecule has 0 aromatic heterocycles. The summed E-state index contributed by atoms with van der Waals surface area (Å²) in [6, 6.07) is 5.51. The van der Waals surface area contributed by atoms with Gasteiger partial charge < -0.3 is 10.2 Å². The number of fused-ring (bicyclic) bond motifs is 1. The Balaban J connectivity index is 0.000000205. The van der Waals surface area contributed by atoms with Crippen LogP contribution in [0.3, 0.4) is 0 Å². The van der Waals surface area contributed by atoms with Gasteiger partial charge in [-0.15, -0.1) is 0 Å². The quantitative estimate of drug-likeness (QED) is 0.430. The fourth-order valence-electron chi connectivity index (χ4n) is 5.44. The van der Waals surface area contributed by atoms with Gasteiger partial charge >= 0.3 is 0 Å². The zero-order valence-corrected chi connectivity index (χ0v) is 21.5. The molecule has 3 amide bonds. The van der Waals surface area contributed by atoms with Gasteiger partial charge in [0.2, 0.25) is 18.2 Å². The smallest absolute Gasteiger partial charge is 0.255 e. The maximum atomic E-state index is 13.0. The third-order valence-corrected chi connectivity index (χ3v) is 7.51. The molecular formula is C27H38BF2N3O3. The van der Waals surface area contributed by atoms with Gasteiger partial charge in [-0.25, -0.2) is 8.78 Å². The molecular weight excluding hydrogens is 463 g/mol. The van der Waals surface area contributed by atoms with Gasteiger partial charge in [-0.2, -0.15) is 0 Å². The molecule has 0 bridgehead atoms. The van der Waals surface area contributed by atoms with E-state index in [1.165, 1.54) is 19.3 Å². The van der Waals surface area contributed by atoms with Crippen LogP contribution in [0, 0.1) is 6.92 Å². The topological polar surface area (TPSA) is 78.5 Å². The molecule has 36 heavy (non-hydrogen) atoms. The Bertz CT molecular complexity index is 927. The Morgan fingerprint density at radius 2 is 1.86 bits per heavy atom. The number of halogens is 2. The number of hydrogen-bond donors (Lipinski definition) is 2. The van der Waals surface area contributed by atoms with Crippen molar-refractivity contribution < 1.29 is 23.2 Å². The monoisotopic (exact) mass is 501 g/mol. The average Bonchev–Trinajstić information content (AvgIpc) is 3.16. The van der Waals surface area contributed by atoms with Crippen LogP contribution >= 0.6 is 0 Å². The number of carbonyl (C=O) groups is 3. The number of carbonyl (C=O) groups excluding carboxylic acids is 3. The fraction of sp³-hybridized carbons (Fsp3) is 0.667. The molecule has 3 aliphatic rings. The number of benzene rings is 1. The van der Waals surface area contributed by atoms with E-state index in [4.69, 9.17) is 7.85 Å². The molecule has 2 radical (unpaired) electrons. The van der Waals surface area contributed by atoms with Crippen LogP contribution in [0.2, 0.25) is 0 Å². The Hall–Kier alpha value is -2.29. The summed E-state index contributed by atoms with van der Waals surface area (Å²) in [4.78, 5) is 36.3. The second-order valence-corrected chi connectivity index (χ2v) is 10.5. The van der Waals surface area contributed by atoms with Crippen LogP contribution in [-0.4, -0.2) is 54.4 Å². The highest BCUT2D eigenvalue weighted by molar-refractivity contribution is 6.15. The molecule has 1 heterocycles. The van der Waals surface area contributed by atoms with Crippen LogP contribution in [0.15, 0.2) is 18.2 Å². The average molecular weight is 501 g/mol. The number of rotatable bonds is 7. The maximum absolute atomic E-state index is 13.0. The van der Waals surface area contributed by atoms with Gasteiger partial charge in [0.15, 0.2) is 0 Å². The van der Waals surface area contributed by atoms with Crippen LogP contribution in [-0.2, 0) is 16.1 Å². The molecule has 1 unspecified atom stereocenters. The highest BCUT2D eigenvalue weighted by atomic mass is 19.3. The number of alkyl halides is 2. The minimum atomic E-state index is -2.49. The summed E-state index contributed by atoms with van der Waals surface area (Å²) in [5, 5.41) is 5.57. The van der Waals surface area contributed by atoms with E-state index < -0.39 is 23.3 Å². The number of amides is 3. The van der Waals surface area contributed by atoms with Gasteiger partial charge in [0.25, 0.3) is 5.91 Å². The van der Waals surface area contributed by atoms with Crippen molar-refractivity contribution >= 4 is 26.1 Å². The Labute approximate surface area is 214 Å². The van der Waals surface area contributed by atoms with Gasteiger partial charge in [-0.1, -0.05) is 50.3 Å². The van der Waals surface area contributed by atoms with Gasteiger partial charge in [-0.05, 0) is 56.1 Å². The second-order valence-electron chi connectivity index (χ2n) is 10.5. The first-order chi connectivity index (χ1) is 17.1. The lowest BCUT2D eigenvalue weighted by Gasteiger charge is -2.42. The van der Waals surface area contributed by atoms with Crippen LogP contribution in [0.25, 0.3) is 0 Å². The van der Waals surface area contributed by atoms with Gasteiger partial charge in [0, 0.05) is 31.0 Å². The van der Waals surface area contributed by atoms with Crippen molar-refractivity contribution in [1.29, 1.82) is 0 Å². The largest absolute Gasteiger partial charge is 0.322 e. The van der Waals surface area contributed by atoms with Crippen LogP contribution in [0.4, 0.5) is 8.78 Å². The lowest BCUT2D eigenvalue weighted by Crippen LogP contribution is -2.54.